The van der Waals surface area contributed by atoms with Gasteiger partial charge in [-0.25, -0.2) is 0 Å². The van der Waals surface area contributed by atoms with E-state index in [4.69, 9.17) is 17.3 Å². The van der Waals surface area contributed by atoms with Gasteiger partial charge in [0.15, 0.2) is 0 Å². The SMILES string of the molecule is Cc1ccc(Cl)cc1NC(=O)CN1CCC(C(C)N)CC1.Cl. The molecule has 1 aromatic rings. The number of nitrogens with zero attached hydrogens (tertiary/aromatic N) is 1. The third-order valence-electron chi connectivity index (χ3n) is 4.22. The van der Waals surface area contributed by atoms with E-state index in [0.29, 0.717) is 17.5 Å². The molecule has 0 aliphatic carbocycles. The first-order valence-electron chi connectivity index (χ1n) is 7.49. The van der Waals surface area contributed by atoms with Crippen molar-refractivity contribution >= 4 is 35.6 Å². The second-order valence-corrected chi connectivity index (χ2v) is 6.42. The minimum absolute atomic E-state index is 0. The highest BCUT2D eigenvalue weighted by Gasteiger charge is 2.23. The van der Waals surface area contributed by atoms with E-state index in [-0.39, 0.29) is 24.4 Å². The topological polar surface area (TPSA) is 58.4 Å². The first-order valence-corrected chi connectivity index (χ1v) is 7.87. The Morgan fingerprint density at radius 1 is 1.45 bits per heavy atom. The van der Waals surface area contributed by atoms with E-state index in [1.807, 2.05) is 19.1 Å². The second-order valence-electron chi connectivity index (χ2n) is 5.98. The lowest BCUT2D eigenvalue weighted by Crippen LogP contribution is -2.42. The van der Waals surface area contributed by atoms with E-state index in [1.165, 1.54) is 0 Å². The normalized spacial score (nSPS) is 17.6. The Bertz CT molecular complexity index is 500. The van der Waals surface area contributed by atoms with E-state index < -0.39 is 0 Å². The fourth-order valence-corrected chi connectivity index (χ4v) is 2.93. The van der Waals surface area contributed by atoms with E-state index in [2.05, 4.69) is 17.1 Å². The van der Waals surface area contributed by atoms with Crippen LogP contribution in [0.15, 0.2) is 18.2 Å². The minimum Gasteiger partial charge on any atom is -0.328 e. The molecule has 0 radical (unpaired) electrons. The summed E-state index contributed by atoms with van der Waals surface area (Å²) in [6.45, 7) is 6.33. The summed E-state index contributed by atoms with van der Waals surface area (Å²) < 4.78 is 0. The monoisotopic (exact) mass is 345 g/mol. The molecule has 0 aromatic heterocycles. The largest absolute Gasteiger partial charge is 0.328 e. The zero-order valence-electron chi connectivity index (χ0n) is 13.1. The van der Waals surface area contributed by atoms with Gasteiger partial charge in [-0.15, -0.1) is 12.4 Å². The Kier molecular flexibility index (Phi) is 7.63. The summed E-state index contributed by atoms with van der Waals surface area (Å²) in [5.74, 6) is 0.596. The minimum atomic E-state index is 0. The highest BCUT2D eigenvalue weighted by Crippen LogP contribution is 2.21. The van der Waals surface area contributed by atoms with Gasteiger partial charge in [-0.2, -0.15) is 0 Å². The number of hydrogen-bond acceptors (Lipinski definition) is 3. The third-order valence-corrected chi connectivity index (χ3v) is 4.45. The first kappa shape index (κ1) is 19.2. The highest BCUT2D eigenvalue weighted by atomic mass is 35.5. The number of halogens is 2. The summed E-state index contributed by atoms with van der Waals surface area (Å²) >= 11 is 5.96. The number of carbonyl (C=O) groups excluding carboxylic acids is 1. The number of nitrogens with one attached hydrogen (secondary N) is 1. The maximum Gasteiger partial charge on any atom is 0.238 e. The number of amides is 1. The van der Waals surface area contributed by atoms with Crippen LogP contribution in [0.25, 0.3) is 0 Å². The molecule has 124 valence electrons. The molecule has 2 rings (SSSR count). The molecule has 0 spiro atoms. The fraction of sp³-hybridized carbons (Fsp3) is 0.562. The van der Waals surface area contributed by atoms with Crippen LogP contribution in [0.2, 0.25) is 5.02 Å². The highest BCUT2D eigenvalue weighted by molar-refractivity contribution is 6.31. The molecule has 1 aliphatic rings. The number of nitrogens with two attached hydrogens (primary N) is 1. The number of aryl methyl sites for hydroxylation is 1. The van der Waals surface area contributed by atoms with Crippen LogP contribution >= 0.6 is 24.0 Å². The van der Waals surface area contributed by atoms with Crippen LogP contribution in [0, 0.1) is 12.8 Å². The molecule has 1 amide bonds. The molecule has 1 aliphatic heterocycles. The zero-order chi connectivity index (χ0) is 15.4. The van der Waals surface area contributed by atoms with E-state index in [9.17, 15) is 4.79 Å². The molecule has 4 nitrogen and oxygen atoms in total. The lowest BCUT2D eigenvalue weighted by atomic mass is 9.91. The summed E-state index contributed by atoms with van der Waals surface area (Å²) in [6.07, 6.45) is 2.14. The van der Waals surface area contributed by atoms with Crippen molar-refractivity contribution in [2.45, 2.75) is 32.7 Å². The number of anilines is 1. The Labute approximate surface area is 143 Å². The quantitative estimate of drug-likeness (QED) is 0.881. The summed E-state index contributed by atoms with van der Waals surface area (Å²) in [4.78, 5) is 14.3. The van der Waals surface area contributed by atoms with Crippen molar-refractivity contribution in [3.05, 3.63) is 28.8 Å². The fourth-order valence-electron chi connectivity index (χ4n) is 2.76. The van der Waals surface area contributed by atoms with Crippen molar-refractivity contribution in [2.24, 2.45) is 11.7 Å². The molecule has 0 bridgehead atoms. The third kappa shape index (κ3) is 5.43. The molecule has 1 fully saturated rings. The first-order chi connectivity index (χ1) is 9.95. The second kappa shape index (κ2) is 8.73. The van der Waals surface area contributed by atoms with Gasteiger partial charge >= 0.3 is 0 Å². The molecule has 0 saturated carbocycles. The lowest BCUT2D eigenvalue weighted by Gasteiger charge is -2.33. The molecule has 1 aromatic carbocycles. The standard InChI is InChI=1S/C16H24ClN3O.ClH/c1-11-3-4-14(17)9-15(11)19-16(21)10-20-7-5-13(6-8-20)12(2)18;/h3-4,9,12-13H,5-8,10,18H2,1-2H3,(H,19,21);1H. The predicted molar refractivity (Wildman–Crippen MR) is 94.9 cm³/mol. The summed E-state index contributed by atoms with van der Waals surface area (Å²) in [7, 11) is 0. The Morgan fingerprint density at radius 3 is 2.68 bits per heavy atom. The van der Waals surface area contributed by atoms with Crippen molar-refractivity contribution < 1.29 is 4.79 Å². The zero-order valence-corrected chi connectivity index (χ0v) is 14.7. The van der Waals surface area contributed by atoms with Gasteiger partial charge in [-0.1, -0.05) is 17.7 Å². The molecule has 1 saturated heterocycles. The molecular weight excluding hydrogens is 321 g/mol. The molecule has 3 N–H and O–H groups in total. The Hall–Kier alpha value is -0.810. The molecule has 6 heteroatoms. The Balaban J connectivity index is 0.00000242. The van der Waals surface area contributed by atoms with Crippen molar-refractivity contribution in [3.8, 4) is 0 Å². The molecule has 22 heavy (non-hydrogen) atoms. The number of hydrogen-bond donors (Lipinski definition) is 2. The smallest absolute Gasteiger partial charge is 0.238 e. The predicted octanol–water partition coefficient (Wildman–Crippen LogP) is 3.07. The van der Waals surface area contributed by atoms with Gasteiger partial charge in [0, 0.05) is 16.8 Å². The maximum absolute atomic E-state index is 12.1. The summed E-state index contributed by atoms with van der Waals surface area (Å²) in [5.41, 5.74) is 7.74. The maximum atomic E-state index is 12.1. The van der Waals surface area contributed by atoms with Gasteiger partial charge in [-0.05, 0) is 63.4 Å². The van der Waals surface area contributed by atoms with Gasteiger partial charge in [0.25, 0.3) is 0 Å². The van der Waals surface area contributed by atoms with Gasteiger partial charge in [0.1, 0.15) is 0 Å². The van der Waals surface area contributed by atoms with Crippen molar-refractivity contribution in [3.63, 3.8) is 0 Å². The summed E-state index contributed by atoms with van der Waals surface area (Å²) in [6, 6.07) is 5.77. The van der Waals surface area contributed by atoms with Crippen LogP contribution in [-0.2, 0) is 4.79 Å². The average molecular weight is 346 g/mol. The summed E-state index contributed by atoms with van der Waals surface area (Å²) in [5, 5.41) is 3.58. The lowest BCUT2D eigenvalue weighted by molar-refractivity contribution is -0.117. The van der Waals surface area contributed by atoms with Crippen molar-refractivity contribution in [1.82, 2.24) is 4.90 Å². The van der Waals surface area contributed by atoms with Crippen molar-refractivity contribution in [2.75, 3.05) is 25.0 Å². The van der Waals surface area contributed by atoms with Crippen LogP contribution in [0.3, 0.4) is 0 Å². The molecular formula is C16H25Cl2N3O. The number of likely N-dealkylation sites (tertiary alicyclic amines) is 1. The van der Waals surface area contributed by atoms with E-state index in [1.54, 1.807) is 6.07 Å². The van der Waals surface area contributed by atoms with E-state index in [0.717, 1.165) is 37.2 Å². The number of carbonyl (C=O) groups is 1. The van der Waals surface area contributed by atoms with Crippen LogP contribution in [-0.4, -0.2) is 36.5 Å². The van der Waals surface area contributed by atoms with Crippen LogP contribution < -0.4 is 11.1 Å². The molecule has 1 atom stereocenters. The molecule has 1 heterocycles. The average Bonchev–Trinajstić information content (AvgIpc) is 2.43. The van der Waals surface area contributed by atoms with Crippen LogP contribution in [0.1, 0.15) is 25.3 Å². The van der Waals surface area contributed by atoms with Gasteiger partial charge in [0.05, 0.1) is 6.54 Å². The van der Waals surface area contributed by atoms with Gasteiger partial charge in [-0.3, -0.25) is 9.69 Å². The molecule has 1 unspecified atom stereocenters. The number of rotatable bonds is 4. The van der Waals surface area contributed by atoms with E-state index >= 15 is 0 Å². The number of piperidine rings is 1. The van der Waals surface area contributed by atoms with Gasteiger partial charge < -0.3 is 11.1 Å². The number of benzene rings is 1. The van der Waals surface area contributed by atoms with Gasteiger partial charge in [0.2, 0.25) is 5.91 Å². The Morgan fingerprint density at radius 2 is 2.09 bits per heavy atom. The van der Waals surface area contributed by atoms with Crippen LogP contribution in [0.5, 0.6) is 0 Å². The van der Waals surface area contributed by atoms with Crippen LogP contribution in [0.4, 0.5) is 5.69 Å². The van der Waals surface area contributed by atoms with Crippen molar-refractivity contribution in [1.29, 1.82) is 0 Å².